The Hall–Kier alpha value is -1.10. The zero-order valence-corrected chi connectivity index (χ0v) is 12.6. The maximum absolute atomic E-state index is 11.9. The molecule has 0 aromatic rings. The molecule has 0 atom stereocenters. The summed E-state index contributed by atoms with van der Waals surface area (Å²) in [6.07, 6.45) is 3.88. The molecule has 1 aliphatic carbocycles. The first kappa shape index (κ1) is 15.3. The highest BCUT2D eigenvalue weighted by molar-refractivity contribution is 5.69. The second kappa shape index (κ2) is 5.02. The number of aliphatic hydroxyl groups is 1. The first-order valence-corrected chi connectivity index (χ1v) is 7.28. The van der Waals surface area contributed by atoms with Crippen molar-refractivity contribution in [2.45, 2.75) is 52.1 Å². The van der Waals surface area contributed by atoms with Gasteiger partial charge in [-0.3, -0.25) is 0 Å². The smallest absolute Gasteiger partial charge is 0.410 e. The largest absolute Gasteiger partial charge is 0.444 e. The van der Waals surface area contributed by atoms with Gasteiger partial charge < -0.3 is 19.5 Å². The van der Waals surface area contributed by atoms with Gasteiger partial charge in [0.2, 0.25) is 0 Å². The summed E-state index contributed by atoms with van der Waals surface area (Å²) in [5.74, 6) is 0. The summed E-state index contributed by atoms with van der Waals surface area (Å²) < 4.78 is 5.35. The molecule has 1 N–H and O–H groups in total. The third-order valence-electron chi connectivity index (χ3n) is 4.58. The molecule has 0 aromatic heterocycles. The van der Waals surface area contributed by atoms with E-state index in [9.17, 15) is 14.7 Å². The van der Waals surface area contributed by atoms with Gasteiger partial charge in [0.15, 0.2) is 0 Å². The Kier molecular flexibility index (Phi) is 3.84. The zero-order valence-electron chi connectivity index (χ0n) is 12.6. The highest BCUT2D eigenvalue weighted by atomic mass is 16.6. The van der Waals surface area contributed by atoms with Crippen LogP contribution in [-0.4, -0.2) is 47.7 Å². The first-order valence-electron chi connectivity index (χ1n) is 7.28. The number of rotatable bonds is 2. The fourth-order valence-electron chi connectivity index (χ4n) is 3.13. The van der Waals surface area contributed by atoms with Crippen LogP contribution in [0.1, 0.15) is 46.5 Å². The summed E-state index contributed by atoms with van der Waals surface area (Å²) in [5, 5.41) is 9.35. The Morgan fingerprint density at radius 2 is 1.80 bits per heavy atom. The van der Waals surface area contributed by atoms with E-state index in [4.69, 9.17) is 4.74 Å². The number of carbonyl (C=O) groups is 2. The molecule has 5 nitrogen and oxygen atoms in total. The minimum Gasteiger partial charge on any atom is -0.444 e. The minimum absolute atomic E-state index is 0.0671. The van der Waals surface area contributed by atoms with Gasteiger partial charge in [0.1, 0.15) is 11.9 Å². The van der Waals surface area contributed by atoms with Gasteiger partial charge in [0.05, 0.1) is 6.61 Å². The monoisotopic (exact) mass is 283 g/mol. The summed E-state index contributed by atoms with van der Waals surface area (Å²) in [5.41, 5.74) is -0.869. The molecule has 5 heteroatoms. The molecule has 1 saturated carbocycles. The van der Waals surface area contributed by atoms with E-state index in [0.29, 0.717) is 13.1 Å². The quantitative estimate of drug-likeness (QED) is 0.787. The molecule has 2 fully saturated rings. The minimum atomic E-state index is -0.544. The van der Waals surface area contributed by atoms with Crippen LogP contribution in [0.5, 0.6) is 0 Å². The number of carbonyl (C=O) groups excluding carboxylic acids is 2. The third kappa shape index (κ3) is 2.97. The summed E-state index contributed by atoms with van der Waals surface area (Å²) in [6, 6.07) is 0. The van der Waals surface area contributed by atoms with Gasteiger partial charge >= 0.3 is 6.09 Å². The number of ether oxygens (including phenoxy) is 1. The fraction of sp³-hybridized carbons (Fsp3) is 0.867. The lowest BCUT2D eigenvalue weighted by Crippen LogP contribution is -2.61. The van der Waals surface area contributed by atoms with E-state index < -0.39 is 11.0 Å². The van der Waals surface area contributed by atoms with Crippen molar-refractivity contribution in [1.29, 1.82) is 0 Å². The number of aldehydes is 1. The van der Waals surface area contributed by atoms with Crippen molar-refractivity contribution in [1.82, 2.24) is 4.90 Å². The standard InChI is InChI=1S/C15H25NO4/c1-13(2,3)20-12(19)16-8-14(9-16)4-6-15(10-17,11-18)7-5-14/h10,18H,4-9,11H2,1-3H3. The molecule has 20 heavy (non-hydrogen) atoms. The molecule has 0 bridgehead atoms. The predicted molar refractivity (Wildman–Crippen MR) is 74.3 cm³/mol. The molecule has 1 heterocycles. The van der Waals surface area contributed by atoms with Crippen LogP contribution in [0.2, 0.25) is 0 Å². The summed E-state index contributed by atoms with van der Waals surface area (Å²) in [4.78, 5) is 24.8. The molecule has 0 unspecified atom stereocenters. The molecule has 2 aliphatic rings. The Morgan fingerprint density at radius 1 is 1.25 bits per heavy atom. The second-order valence-electron chi connectivity index (χ2n) is 7.47. The molecule has 0 aromatic carbocycles. The van der Waals surface area contributed by atoms with Crippen molar-refractivity contribution in [3.05, 3.63) is 0 Å². The van der Waals surface area contributed by atoms with E-state index in [1.54, 1.807) is 4.90 Å². The number of hydrogen-bond donors (Lipinski definition) is 1. The van der Waals surface area contributed by atoms with Crippen LogP contribution in [-0.2, 0) is 9.53 Å². The van der Waals surface area contributed by atoms with Gasteiger partial charge in [0, 0.05) is 23.9 Å². The van der Waals surface area contributed by atoms with E-state index in [2.05, 4.69) is 0 Å². The van der Waals surface area contributed by atoms with Crippen molar-refractivity contribution in [3.8, 4) is 0 Å². The molecule has 0 radical (unpaired) electrons. The number of likely N-dealkylation sites (tertiary alicyclic amines) is 1. The SMILES string of the molecule is CC(C)(C)OC(=O)N1CC2(CCC(C=O)(CO)CC2)C1. The predicted octanol–water partition coefficient (Wildman–Crippen LogP) is 1.98. The molecule has 2 rings (SSSR count). The lowest BCUT2D eigenvalue weighted by atomic mass is 9.61. The molecular formula is C15H25NO4. The van der Waals surface area contributed by atoms with Crippen LogP contribution in [0.4, 0.5) is 4.79 Å². The van der Waals surface area contributed by atoms with Gasteiger partial charge in [-0.1, -0.05) is 0 Å². The van der Waals surface area contributed by atoms with Crippen molar-refractivity contribution in [2.24, 2.45) is 10.8 Å². The van der Waals surface area contributed by atoms with E-state index in [0.717, 1.165) is 32.0 Å². The average Bonchev–Trinajstić information content (AvgIpc) is 2.34. The van der Waals surface area contributed by atoms with Crippen molar-refractivity contribution < 1.29 is 19.4 Å². The Labute approximate surface area is 120 Å². The molecular weight excluding hydrogens is 258 g/mol. The number of aliphatic hydroxyl groups excluding tert-OH is 1. The Bertz CT molecular complexity index is 383. The highest BCUT2D eigenvalue weighted by Gasteiger charge is 2.51. The molecule has 1 amide bonds. The number of nitrogens with zero attached hydrogens (tertiary/aromatic N) is 1. The normalized spacial score (nSPS) is 24.1. The van der Waals surface area contributed by atoms with Crippen LogP contribution in [0.3, 0.4) is 0 Å². The van der Waals surface area contributed by atoms with Gasteiger partial charge in [-0.15, -0.1) is 0 Å². The maximum atomic E-state index is 11.9. The van der Waals surface area contributed by atoms with Crippen molar-refractivity contribution in [2.75, 3.05) is 19.7 Å². The lowest BCUT2D eigenvalue weighted by molar-refractivity contribution is -0.126. The van der Waals surface area contributed by atoms with Crippen LogP contribution in [0.15, 0.2) is 0 Å². The van der Waals surface area contributed by atoms with Crippen LogP contribution >= 0.6 is 0 Å². The van der Waals surface area contributed by atoms with Crippen LogP contribution in [0.25, 0.3) is 0 Å². The third-order valence-corrected chi connectivity index (χ3v) is 4.58. The van der Waals surface area contributed by atoms with E-state index in [-0.39, 0.29) is 18.1 Å². The average molecular weight is 283 g/mol. The lowest BCUT2D eigenvalue weighted by Gasteiger charge is -2.54. The number of hydrogen-bond acceptors (Lipinski definition) is 4. The van der Waals surface area contributed by atoms with E-state index in [1.165, 1.54) is 0 Å². The summed E-state index contributed by atoms with van der Waals surface area (Å²) in [7, 11) is 0. The first-order chi connectivity index (χ1) is 9.23. The van der Waals surface area contributed by atoms with Crippen molar-refractivity contribution in [3.63, 3.8) is 0 Å². The molecule has 1 spiro atoms. The highest BCUT2D eigenvalue weighted by Crippen LogP contribution is 2.49. The Morgan fingerprint density at radius 3 is 2.20 bits per heavy atom. The summed E-state index contributed by atoms with van der Waals surface area (Å²) in [6.45, 7) is 6.94. The van der Waals surface area contributed by atoms with Gasteiger partial charge in [-0.2, -0.15) is 0 Å². The maximum Gasteiger partial charge on any atom is 0.410 e. The van der Waals surface area contributed by atoms with Gasteiger partial charge in [-0.25, -0.2) is 4.79 Å². The van der Waals surface area contributed by atoms with E-state index in [1.807, 2.05) is 20.8 Å². The second-order valence-corrected chi connectivity index (χ2v) is 7.47. The molecule has 1 aliphatic heterocycles. The van der Waals surface area contributed by atoms with Gasteiger partial charge in [0.25, 0.3) is 0 Å². The number of amides is 1. The topological polar surface area (TPSA) is 66.8 Å². The molecule has 114 valence electrons. The fourth-order valence-corrected chi connectivity index (χ4v) is 3.13. The Balaban J connectivity index is 1.85. The van der Waals surface area contributed by atoms with Crippen molar-refractivity contribution >= 4 is 12.4 Å². The van der Waals surface area contributed by atoms with Crippen LogP contribution < -0.4 is 0 Å². The summed E-state index contributed by atoms with van der Waals surface area (Å²) >= 11 is 0. The zero-order chi connectivity index (χ0) is 15.0. The van der Waals surface area contributed by atoms with E-state index >= 15 is 0 Å². The molecule has 1 saturated heterocycles. The van der Waals surface area contributed by atoms with Crippen LogP contribution in [0, 0.1) is 10.8 Å². The van der Waals surface area contributed by atoms with Gasteiger partial charge in [-0.05, 0) is 46.5 Å².